The number of benzene rings is 2. The van der Waals surface area contributed by atoms with E-state index in [1.165, 1.54) is 25.0 Å². The molecule has 0 saturated heterocycles. The fourth-order valence-electron chi connectivity index (χ4n) is 3.60. The van der Waals surface area contributed by atoms with E-state index in [1.807, 2.05) is 24.3 Å². The first-order valence-electron chi connectivity index (χ1n) is 9.08. The van der Waals surface area contributed by atoms with Gasteiger partial charge in [0.25, 0.3) is 0 Å². The lowest BCUT2D eigenvalue weighted by molar-refractivity contribution is -0.137. The van der Waals surface area contributed by atoms with E-state index in [9.17, 15) is 13.2 Å². The Kier molecular flexibility index (Phi) is 4.72. The summed E-state index contributed by atoms with van der Waals surface area (Å²) in [4.78, 5) is 0. The Morgan fingerprint density at radius 1 is 0.926 bits per heavy atom. The van der Waals surface area contributed by atoms with Crippen LogP contribution in [-0.4, -0.2) is 10.2 Å². The highest BCUT2D eigenvalue weighted by atomic mass is 19.4. The lowest BCUT2D eigenvalue weighted by Gasteiger charge is -2.09. The third-order valence-corrected chi connectivity index (χ3v) is 5.07. The molecular weight excluding hydrogens is 353 g/mol. The van der Waals surface area contributed by atoms with E-state index in [1.54, 1.807) is 0 Å². The maximum absolute atomic E-state index is 12.7. The standard InChI is InChI=1S/C21H19F3N2O/c22-21(23,24)17-11-9-14(10-12-17)13-16-7-3-4-8-18(16)20-26-25-19(27-20)15-5-1-2-6-15/h3-4,7-12,15H,1-2,5-6,13H2. The first-order chi connectivity index (χ1) is 13.0. The predicted molar refractivity (Wildman–Crippen MR) is 95.2 cm³/mol. The van der Waals surface area contributed by atoms with Crippen LogP contribution in [0.25, 0.3) is 11.5 Å². The van der Waals surface area contributed by atoms with E-state index in [4.69, 9.17) is 4.42 Å². The van der Waals surface area contributed by atoms with Gasteiger partial charge >= 0.3 is 6.18 Å². The van der Waals surface area contributed by atoms with Crippen molar-refractivity contribution in [1.82, 2.24) is 10.2 Å². The van der Waals surface area contributed by atoms with Crippen molar-refractivity contribution in [3.8, 4) is 11.5 Å². The van der Waals surface area contributed by atoms with Gasteiger partial charge in [-0.25, -0.2) is 0 Å². The molecule has 0 radical (unpaired) electrons. The predicted octanol–water partition coefficient (Wildman–Crippen LogP) is 6.00. The highest BCUT2D eigenvalue weighted by Gasteiger charge is 2.30. The summed E-state index contributed by atoms with van der Waals surface area (Å²) in [6, 6.07) is 12.9. The summed E-state index contributed by atoms with van der Waals surface area (Å²) < 4.78 is 44.1. The second-order valence-corrected chi connectivity index (χ2v) is 6.96. The summed E-state index contributed by atoms with van der Waals surface area (Å²) in [7, 11) is 0. The molecule has 1 saturated carbocycles. The number of hydrogen-bond acceptors (Lipinski definition) is 3. The van der Waals surface area contributed by atoms with Crippen LogP contribution in [0.5, 0.6) is 0 Å². The molecule has 0 unspecified atom stereocenters. The van der Waals surface area contributed by atoms with E-state index < -0.39 is 11.7 Å². The SMILES string of the molecule is FC(F)(F)c1ccc(Cc2ccccc2-c2nnc(C3CCCC3)o2)cc1. The average Bonchev–Trinajstić information content (AvgIpc) is 3.34. The van der Waals surface area contributed by atoms with Crippen molar-refractivity contribution in [3.63, 3.8) is 0 Å². The number of nitrogens with zero attached hydrogens (tertiary/aromatic N) is 2. The van der Waals surface area contributed by atoms with Gasteiger partial charge in [0, 0.05) is 11.5 Å². The number of alkyl halides is 3. The van der Waals surface area contributed by atoms with E-state index >= 15 is 0 Å². The molecule has 1 fully saturated rings. The third kappa shape index (κ3) is 3.89. The summed E-state index contributed by atoms with van der Waals surface area (Å²) in [5.41, 5.74) is 1.93. The molecule has 1 aliphatic rings. The Bertz CT molecular complexity index is 910. The van der Waals surface area contributed by atoms with E-state index in [2.05, 4.69) is 10.2 Å². The molecule has 4 rings (SSSR count). The van der Waals surface area contributed by atoms with Crippen molar-refractivity contribution in [2.75, 3.05) is 0 Å². The fraction of sp³-hybridized carbons (Fsp3) is 0.333. The third-order valence-electron chi connectivity index (χ3n) is 5.07. The van der Waals surface area contributed by atoms with Gasteiger partial charge in [0.1, 0.15) is 0 Å². The van der Waals surface area contributed by atoms with Crippen LogP contribution in [0.3, 0.4) is 0 Å². The second kappa shape index (κ2) is 7.18. The van der Waals surface area contributed by atoms with Crippen LogP contribution in [0, 0.1) is 0 Å². The maximum Gasteiger partial charge on any atom is 0.416 e. The molecule has 27 heavy (non-hydrogen) atoms. The molecule has 2 aromatic carbocycles. The maximum atomic E-state index is 12.7. The van der Waals surface area contributed by atoms with Crippen LogP contribution in [0.15, 0.2) is 52.9 Å². The molecule has 0 N–H and O–H groups in total. The smallest absolute Gasteiger partial charge is 0.416 e. The molecule has 0 spiro atoms. The summed E-state index contributed by atoms with van der Waals surface area (Å²) >= 11 is 0. The Hall–Kier alpha value is -2.63. The minimum atomic E-state index is -4.32. The van der Waals surface area contributed by atoms with Gasteiger partial charge in [-0.2, -0.15) is 13.2 Å². The molecule has 1 heterocycles. The van der Waals surface area contributed by atoms with Crippen molar-refractivity contribution in [2.24, 2.45) is 0 Å². The van der Waals surface area contributed by atoms with Crippen molar-refractivity contribution >= 4 is 0 Å². The Morgan fingerprint density at radius 3 is 2.33 bits per heavy atom. The number of hydrogen-bond donors (Lipinski definition) is 0. The monoisotopic (exact) mass is 372 g/mol. The van der Waals surface area contributed by atoms with Crippen molar-refractivity contribution in [1.29, 1.82) is 0 Å². The Labute approximate surface area is 155 Å². The minimum absolute atomic E-state index is 0.341. The number of aromatic nitrogens is 2. The fourth-order valence-corrected chi connectivity index (χ4v) is 3.60. The van der Waals surface area contributed by atoms with Gasteiger partial charge in [-0.3, -0.25) is 0 Å². The van der Waals surface area contributed by atoms with Crippen LogP contribution >= 0.6 is 0 Å². The van der Waals surface area contributed by atoms with Gasteiger partial charge in [0.2, 0.25) is 11.8 Å². The van der Waals surface area contributed by atoms with Gasteiger partial charge in [0.15, 0.2) is 0 Å². The second-order valence-electron chi connectivity index (χ2n) is 6.96. The van der Waals surface area contributed by atoms with Crippen molar-refractivity contribution in [3.05, 3.63) is 71.1 Å². The molecule has 0 bridgehead atoms. The summed E-state index contributed by atoms with van der Waals surface area (Å²) in [5, 5.41) is 8.43. The van der Waals surface area contributed by atoms with Gasteiger partial charge in [-0.05, 0) is 48.6 Å². The average molecular weight is 372 g/mol. The summed E-state index contributed by atoms with van der Waals surface area (Å²) in [6.07, 6.45) is 0.704. The quantitative estimate of drug-likeness (QED) is 0.563. The zero-order chi connectivity index (χ0) is 18.9. The Morgan fingerprint density at radius 2 is 1.63 bits per heavy atom. The minimum Gasteiger partial charge on any atom is -0.420 e. The van der Waals surface area contributed by atoms with Crippen LogP contribution < -0.4 is 0 Å². The van der Waals surface area contributed by atoms with Gasteiger partial charge in [-0.15, -0.1) is 10.2 Å². The molecule has 3 aromatic rings. The van der Waals surface area contributed by atoms with Gasteiger partial charge in [-0.1, -0.05) is 43.2 Å². The number of halogens is 3. The van der Waals surface area contributed by atoms with Crippen LogP contribution in [0.1, 0.15) is 54.2 Å². The lowest BCUT2D eigenvalue weighted by atomic mass is 9.99. The van der Waals surface area contributed by atoms with Crippen molar-refractivity contribution in [2.45, 2.75) is 44.2 Å². The molecule has 0 aliphatic heterocycles. The molecule has 6 heteroatoms. The van der Waals surface area contributed by atoms with Crippen molar-refractivity contribution < 1.29 is 17.6 Å². The van der Waals surface area contributed by atoms with E-state index in [-0.39, 0.29) is 0 Å². The Balaban J connectivity index is 1.58. The first-order valence-corrected chi connectivity index (χ1v) is 9.08. The first kappa shape index (κ1) is 17.8. The molecule has 0 atom stereocenters. The molecule has 1 aliphatic carbocycles. The molecule has 1 aromatic heterocycles. The van der Waals surface area contributed by atoms with Crippen LogP contribution in [-0.2, 0) is 12.6 Å². The number of rotatable bonds is 4. The van der Waals surface area contributed by atoms with Gasteiger partial charge in [0.05, 0.1) is 5.56 Å². The summed E-state index contributed by atoms with van der Waals surface area (Å²) in [6.45, 7) is 0. The zero-order valence-corrected chi connectivity index (χ0v) is 14.7. The molecule has 0 amide bonds. The summed E-state index contributed by atoms with van der Waals surface area (Å²) in [5.74, 6) is 1.50. The normalized spacial score (nSPS) is 15.4. The lowest BCUT2D eigenvalue weighted by Crippen LogP contribution is -2.04. The van der Waals surface area contributed by atoms with E-state index in [0.29, 0.717) is 24.1 Å². The molecular formula is C21H19F3N2O. The molecule has 140 valence electrons. The zero-order valence-electron chi connectivity index (χ0n) is 14.7. The van der Waals surface area contributed by atoms with E-state index in [0.717, 1.165) is 41.7 Å². The topological polar surface area (TPSA) is 38.9 Å². The highest BCUT2D eigenvalue weighted by molar-refractivity contribution is 5.59. The van der Waals surface area contributed by atoms with Crippen LogP contribution in [0.2, 0.25) is 0 Å². The largest absolute Gasteiger partial charge is 0.420 e. The highest BCUT2D eigenvalue weighted by Crippen LogP contribution is 2.35. The molecule has 3 nitrogen and oxygen atoms in total. The van der Waals surface area contributed by atoms with Gasteiger partial charge < -0.3 is 4.42 Å². The van der Waals surface area contributed by atoms with Crippen LogP contribution in [0.4, 0.5) is 13.2 Å².